The first-order chi connectivity index (χ1) is 30.9. The van der Waals surface area contributed by atoms with Crippen LogP contribution in [-0.4, -0.2) is 19.9 Å². The third-order valence-electron chi connectivity index (χ3n) is 12.8. The van der Waals surface area contributed by atoms with E-state index in [4.69, 9.17) is 24.7 Å². The van der Waals surface area contributed by atoms with Gasteiger partial charge in [-0.1, -0.05) is 158 Å². The highest BCUT2D eigenvalue weighted by Crippen LogP contribution is 2.55. The summed E-state index contributed by atoms with van der Waals surface area (Å²) in [5.74, 6) is 1.75. The van der Waals surface area contributed by atoms with Crippen LogP contribution in [-0.2, 0) is 15.9 Å². The van der Waals surface area contributed by atoms with Gasteiger partial charge in [0.1, 0.15) is 0 Å². The lowest BCUT2D eigenvalue weighted by atomic mass is 9.86. The Morgan fingerprint density at radius 3 is 1.25 bits per heavy atom. The summed E-state index contributed by atoms with van der Waals surface area (Å²) in [5.41, 5.74) is 15.8. The molecule has 1 fully saturated rings. The molecule has 11 rings (SSSR count). The molecule has 1 aliphatic heterocycles. The summed E-state index contributed by atoms with van der Waals surface area (Å²) in [7, 11) is 0. The van der Waals surface area contributed by atoms with Crippen molar-refractivity contribution in [3.05, 3.63) is 205 Å². The molecule has 1 spiro atoms. The molecule has 1 saturated carbocycles. The monoisotopic (exact) mass is 814 g/mol. The number of hydrogen-bond acceptors (Lipinski definition) is 5. The lowest BCUT2D eigenvalue weighted by molar-refractivity contribution is -0.122. The van der Waals surface area contributed by atoms with Crippen LogP contribution in [0.15, 0.2) is 194 Å². The number of aromatic nitrogens is 4. The van der Waals surface area contributed by atoms with E-state index in [1.165, 1.54) is 46.2 Å². The highest BCUT2D eigenvalue weighted by molar-refractivity contribution is 5.79. The predicted octanol–water partition coefficient (Wildman–Crippen LogP) is 14.6. The van der Waals surface area contributed by atoms with Crippen LogP contribution in [0.25, 0.3) is 89.9 Å². The average Bonchev–Trinajstić information content (AvgIpc) is 3.91. The lowest BCUT2D eigenvalue weighted by Gasteiger charge is -2.28. The molecule has 0 radical (unpaired) electrons. The summed E-state index contributed by atoms with van der Waals surface area (Å²) in [6.07, 6.45) is 6.49. The van der Waals surface area contributed by atoms with Gasteiger partial charge in [0.2, 0.25) is 0 Å². The maximum absolute atomic E-state index is 6.80. The summed E-state index contributed by atoms with van der Waals surface area (Å²) >= 11 is 0. The van der Waals surface area contributed by atoms with Crippen LogP contribution in [0.1, 0.15) is 50.7 Å². The van der Waals surface area contributed by atoms with Crippen molar-refractivity contribution in [2.24, 2.45) is 0 Å². The molecule has 5 nitrogen and oxygen atoms in total. The number of pyridine rings is 1. The zero-order valence-electron chi connectivity index (χ0n) is 35.5. The summed E-state index contributed by atoms with van der Waals surface area (Å²) in [4.78, 5) is 20.5. The Labute approximate surface area is 369 Å². The van der Waals surface area contributed by atoms with Gasteiger partial charge in [-0.3, -0.25) is 4.98 Å². The number of rotatable bonds is 8. The van der Waals surface area contributed by atoms with Crippen LogP contribution in [0, 0.1) is 0 Å². The third-order valence-corrected chi connectivity index (χ3v) is 12.8. The lowest BCUT2D eigenvalue weighted by Crippen LogP contribution is -2.25. The molecule has 5 heteroatoms. The Morgan fingerprint density at radius 1 is 0.365 bits per heavy atom. The Hall–Kier alpha value is -7.34. The van der Waals surface area contributed by atoms with Crippen LogP contribution < -0.4 is 0 Å². The molecule has 2 aromatic heterocycles. The van der Waals surface area contributed by atoms with Crippen LogP contribution in [0.5, 0.6) is 0 Å². The molecule has 2 aliphatic rings. The van der Waals surface area contributed by atoms with E-state index in [0.29, 0.717) is 17.5 Å². The molecule has 63 heavy (non-hydrogen) atoms. The van der Waals surface area contributed by atoms with Gasteiger partial charge in [-0.05, 0) is 125 Å². The molecular formula is C58H46N4O. The van der Waals surface area contributed by atoms with Gasteiger partial charge in [-0.15, -0.1) is 0 Å². The summed E-state index contributed by atoms with van der Waals surface area (Å²) in [6, 6.07) is 66.2. The smallest absolute Gasteiger partial charge is 0.165 e. The largest absolute Gasteiger partial charge is 0.360 e. The highest BCUT2D eigenvalue weighted by atomic mass is 16.5. The molecule has 0 N–H and O–H groups in total. The Bertz CT molecular complexity index is 2970. The SMILES string of the molecule is CC1(C)OC2(CCCC2)c2ccc(-c3ccc(-c4nc(-c5cccc(-c6cccc(-c7ccccc7)c6)c5)nc(-c5cccc(-c6cccc(-c7ccccc7)c6)c5)n4)cn3)cc21. The Kier molecular flexibility index (Phi) is 9.70. The number of ether oxygens (including phenoxy) is 1. The van der Waals surface area contributed by atoms with Gasteiger partial charge >= 0.3 is 0 Å². The number of fused-ring (bicyclic) bond motifs is 2. The van der Waals surface area contributed by atoms with Gasteiger partial charge in [-0.25, -0.2) is 15.0 Å². The van der Waals surface area contributed by atoms with Crippen LogP contribution in [0.4, 0.5) is 0 Å². The maximum Gasteiger partial charge on any atom is 0.165 e. The summed E-state index contributed by atoms with van der Waals surface area (Å²) in [6.45, 7) is 4.40. The van der Waals surface area contributed by atoms with Crippen LogP contribution >= 0.6 is 0 Å². The van der Waals surface area contributed by atoms with Crippen molar-refractivity contribution in [3.8, 4) is 89.9 Å². The minimum atomic E-state index is -0.350. The quantitative estimate of drug-likeness (QED) is 0.153. The van der Waals surface area contributed by atoms with Crippen molar-refractivity contribution < 1.29 is 4.74 Å². The molecule has 9 aromatic rings. The van der Waals surface area contributed by atoms with Crippen LogP contribution in [0.3, 0.4) is 0 Å². The molecule has 304 valence electrons. The standard InChI is InChI=1S/C58H46N4O/c1-57(2)52-37-47(27-29-51(52)58(63-57)31-9-10-32-58)53-30-28-50(38-59-53)56-61-54(48-25-13-23-45(35-48)43-21-11-19-41(33-43)39-15-5-3-6-16-39)60-55(62-56)49-26-14-24-46(36-49)44-22-12-20-42(34-44)40-17-7-4-8-18-40/h3-8,11-30,33-38H,9-10,31-32H2,1-2H3. The molecular weight excluding hydrogens is 769 g/mol. The van der Waals surface area contributed by atoms with E-state index in [9.17, 15) is 0 Å². The minimum absolute atomic E-state index is 0.153. The van der Waals surface area contributed by atoms with Crippen molar-refractivity contribution in [1.29, 1.82) is 0 Å². The summed E-state index contributed by atoms with van der Waals surface area (Å²) < 4.78 is 6.80. The topological polar surface area (TPSA) is 60.8 Å². The van der Waals surface area contributed by atoms with Crippen molar-refractivity contribution in [2.75, 3.05) is 0 Å². The third kappa shape index (κ3) is 7.45. The van der Waals surface area contributed by atoms with Gasteiger partial charge < -0.3 is 4.74 Å². The number of benzene rings is 7. The molecule has 3 heterocycles. The van der Waals surface area contributed by atoms with Gasteiger partial charge in [0.05, 0.1) is 16.9 Å². The van der Waals surface area contributed by atoms with E-state index in [-0.39, 0.29) is 11.2 Å². The normalized spacial score (nSPS) is 14.8. The molecule has 0 bridgehead atoms. The van der Waals surface area contributed by atoms with E-state index in [0.717, 1.165) is 63.0 Å². The number of hydrogen-bond donors (Lipinski definition) is 0. The molecule has 7 aromatic carbocycles. The first kappa shape index (κ1) is 38.6. The zero-order valence-corrected chi connectivity index (χ0v) is 35.5. The first-order valence-electron chi connectivity index (χ1n) is 22.0. The Morgan fingerprint density at radius 2 is 0.778 bits per heavy atom. The van der Waals surface area contributed by atoms with Gasteiger partial charge in [-0.2, -0.15) is 0 Å². The van der Waals surface area contributed by atoms with Gasteiger partial charge in [0, 0.05) is 28.5 Å². The van der Waals surface area contributed by atoms with Crippen LogP contribution in [0.2, 0.25) is 0 Å². The van der Waals surface area contributed by atoms with E-state index in [1.807, 2.05) is 18.3 Å². The second-order valence-electron chi connectivity index (χ2n) is 17.4. The second kappa shape index (κ2) is 15.8. The van der Waals surface area contributed by atoms with E-state index >= 15 is 0 Å². The van der Waals surface area contributed by atoms with E-state index < -0.39 is 0 Å². The summed E-state index contributed by atoms with van der Waals surface area (Å²) in [5, 5.41) is 0. The van der Waals surface area contributed by atoms with Crippen molar-refractivity contribution >= 4 is 0 Å². The fourth-order valence-corrected chi connectivity index (χ4v) is 9.67. The zero-order chi connectivity index (χ0) is 42.4. The fraction of sp³-hybridized carbons (Fsp3) is 0.138. The van der Waals surface area contributed by atoms with Crippen molar-refractivity contribution in [2.45, 2.75) is 50.7 Å². The van der Waals surface area contributed by atoms with Crippen molar-refractivity contribution in [3.63, 3.8) is 0 Å². The molecule has 0 unspecified atom stereocenters. The first-order valence-corrected chi connectivity index (χ1v) is 22.0. The van der Waals surface area contributed by atoms with Gasteiger partial charge in [0.25, 0.3) is 0 Å². The Balaban J connectivity index is 0.983. The number of nitrogens with zero attached hydrogens (tertiary/aromatic N) is 4. The average molecular weight is 815 g/mol. The van der Waals surface area contributed by atoms with E-state index in [2.05, 4.69) is 190 Å². The van der Waals surface area contributed by atoms with Gasteiger partial charge in [0.15, 0.2) is 17.5 Å². The van der Waals surface area contributed by atoms with Crippen molar-refractivity contribution in [1.82, 2.24) is 19.9 Å². The van der Waals surface area contributed by atoms with E-state index in [1.54, 1.807) is 0 Å². The maximum atomic E-state index is 6.80. The fourth-order valence-electron chi connectivity index (χ4n) is 9.67. The second-order valence-corrected chi connectivity index (χ2v) is 17.4. The molecule has 0 saturated heterocycles. The molecule has 1 aliphatic carbocycles. The minimum Gasteiger partial charge on any atom is -0.360 e. The highest BCUT2D eigenvalue weighted by Gasteiger charge is 2.50. The molecule has 0 amide bonds. The predicted molar refractivity (Wildman–Crippen MR) is 255 cm³/mol. The molecule has 0 atom stereocenters.